The number of ether oxygens (including phenoxy) is 3. The molecule has 5 heteroatoms. The molecule has 0 aromatic rings. The third-order valence-corrected chi connectivity index (χ3v) is 10.6. The van der Waals surface area contributed by atoms with Crippen LogP contribution in [0.1, 0.15) is 265 Å². The summed E-state index contributed by atoms with van der Waals surface area (Å²) in [7, 11) is 0. The number of unbranched alkanes of at least 4 members (excludes halogenated alkanes) is 33. The van der Waals surface area contributed by atoms with Crippen LogP contribution < -0.4 is 0 Å². The number of hydrogen-bond donors (Lipinski definition) is 0. The first kappa shape index (κ1) is 50.9. The maximum atomic E-state index is 12.7. The van der Waals surface area contributed by atoms with Gasteiger partial charge in [-0.3, -0.25) is 9.59 Å². The molecule has 0 saturated heterocycles. The summed E-state index contributed by atoms with van der Waals surface area (Å²) in [6.45, 7) is 7.85. The average Bonchev–Trinajstić information content (AvgIpc) is 3.14. The van der Waals surface area contributed by atoms with E-state index in [0.717, 1.165) is 32.1 Å². The number of esters is 2. The van der Waals surface area contributed by atoms with Crippen LogP contribution in [0.15, 0.2) is 0 Å². The minimum absolute atomic E-state index is 0.0961. The number of hydrogen-bond acceptors (Lipinski definition) is 5. The highest BCUT2D eigenvalue weighted by atomic mass is 16.6. The minimum Gasteiger partial charge on any atom is -0.462 e. The Morgan fingerprint density at radius 3 is 0.981 bits per heavy atom. The standard InChI is InChI=1S/C47H92O5/c1-4-7-10-13-16-19-20-21-22-23-24-25-26-27-30-33-36-39-42-50-43-45(52-47(49)41-38-35-32-29-18-15-12-9-6-3)44-51-46(48)40-37-34-31-28-17-14-11-8-5-2/h45H,4-44H2,1-3H3. The van der Waals surface area contributed by atoms with Gasteiger partial charge in [-0.25, -0.2) is 0 Å². The first-order valence-electron chi connectivity index (χ1n) is 23.6. The molecule has 0 fully saturated rings. The van der Waals surface area contributed by atoms with E-state index in [-0.39, 0.29) is 18.5 Å². The van der Waals surface area contributed by atoms with Crippen LogP contribution in [-0.4, -0.2) is 37.9 Å². The molecule has 1 atom stereocenters. The lowest BCUT2D eigenvalue weighted by molar-refractivity contribution is -0.163. The topological polar surface area (TPSA) is 61.8 Å². The Bertz CT molecular complexity index is 710. The van der Waals surface area contributed by atoms with E-state index in [2.05, 4.69) is 20.8 Å². The zero-order valence-electron chi connectivity index (χ0n) is 35.6. The van der Waals surface area contributed by atoms with Crippen molar-refractivity contribution >= 4 is 11.9 Å². The Kier molecular flexibility index (Phi) is 43.4. The highest BCUT2D eigenvalue weighted by molar-refractivity contribution is 5.70. The Labute approximate surface area is 325 Å². The van der Waals surface area contributed by atoms with Gasteiger partial charge in [0.05, 0.1) is 6.61 Å². The summed E-state index contributed by atoms with van der Waals surface area (Å²) in [5.41, 5.74) is 0. The van der Waals surface area contributed by atoms with Crippen LogP contribution in [0.25, 0.3) is 0 Å². The Balaban J connectivity index is 4.07. The molecule has 0 radical (unpaired) electrons. The maximum absolute atomic E-state index is 12.7. The normalized spacial score (nSPS) is 12.0. The lowest BCUT2D eigenvalue weighted by Crippen LogP contribution is -2.30. The van der Waals surface area contributed by atoms with Gasteiger partial charge >= 0.3 is 11.9 Å². The van der Waals surface area contributed by atoms with E-state index in [1.807, 2.05) is 0 Å². The Morgan fingerprint density at radius 2 is 0.635 bits per heavy atom. The summed E-state index contributed by atoms with van der Waals surface area (Å²) in [6, 6.07) is 0. The fourth-order valence-corrected chi connectivity index (χ4v) is 7.10. The van der Waals surface area contributed by atoms with Crippen molar-refractivity contribution in [1.82, 2.24) is 0 Å². The molecule has 0 N–H and O–H groups in total. The predicted molar refractivity (Wildman–Crippen MR) is 224 cm³/mol. The van der Waals surface area contributed by atoms with Gasteiger partial charge in [0.25, 0.3) is 0 Å². The third kappa shape index (κ3) is 41.7. The van der Waals surface area contributed by atoms with Gasteiger partial charge in [0.2, 0.25) is 0 Å². The molecule has 0 aromatic heterocycles. The van der Waals surface area contributed by atoms with Gasteiger partial charge in [-0.2, -0.15) is 0 Å². The van der Waals surface area contributed by atoms with E-state index in [1.165, 1.54) is 199 Å². The molecular formula is C47H92O5. The highest BCUT2D eigenvalue weighted by Gasteiger charge is 2.17. The molecule has 310 valence electrons. The van der Waals surface area contributed by atoms with Crippen LogP contribution in [-0.2, 0) is 23.8 Å². The fraction of sp³-hybridized carbons (Fsp3) is 0.957. The second-order valence-electron chi connectivity index (χ2n) is 16.0. The molecule has 5 nitrogen and oxygen atoms in total. The van der Waals surface area contributed by atoms with Crippen LogP contribution in [0.4, 0.5) is 0 Å². The lowest BCUT2D eigenvalue weighted by Gasteiger charge is -2.18. The van der Waals surface area contributed by atoms with Crippen LogP contribution in [0.5, 0.6) is 0 Å². The summed E-state index contributed by atoms with van der Waals surface area (Å²) in [6.07, 6.45) is 46.8. The van der Waals surface area contributed by atoms with E-state index >= 15 is 0 Å². The molecule has 1 unspecified atom stereocenters. The van der Waals surface area contributed by atoms with Crippen molar-refractivity contribution in [2.24, 2.45) is 0 Å². The summed E-state index contributed by atoms with van der Waals surface area (Å²) < 4.78 is 17.3. The third-order valence-electron chi connectivity index (χ3n) is 10.6. The molecule has 52 heavy (non-hydrogen) atoms. The summed E-state index contributed by atoms with van der Waals surface area (Å²) in [5.74, 6) is -0.383. The molecule has 0 aliphatic rings. The molecule has 0 amide bonds. The summed E-state index contributed by atoms with van der Waals surface area (Å²) in [4.78, 5) is 25.1. The van der Waals surface area contributed by atoms with Gasteiger partial charge < -0.3 is 14.2 Å². The zero-order chi connectivity index (χ0) is 37.8. The van der Waals surface area contributed by atoms with Crippen molar-refractivity contribution in [3.63, 3.8) is 0 Å². The van der Waals surface area contributed by atoms with Gasteiger partial charge in [0.1, 0.15) is 6.61 Å². The molecule has 0 bridgehead atoms. The molecule has 0 rings (SSSR count). The number of carbonyl (C=O) groups is 2. The zero-order valence-corrected chi connectivity index (χ0v) is 35.6. The van der Waals surface area contributed by atoms with Crippen molar-refractivity contribution in [3.8, 4) is 0 Å². The van der Waals surface area contributed by atoms with Gasteiger partial charge in [0.15, 0.2) is 6.10 Å². The maximum Gasteiger partial charge on any atom is 0.306 e. The first-order valence-corrected chi connectivity index (χ1v) is 23.6. The second-order valence-corrected chi connectivity index (χ2v) is 16.0. The largest absolute Gasteiger partial charge is 0.462 e. The monoisotopic (exact) mass is 737 g/mol. The van der Waals surface area contributed by atoms with E-state index in [1.54, 1.807) is 0 Å². The van der Waals surface area contributed by atoms with Crippen molar-refractivity contribution < 1.29 is 23.8 Å². The van der Waals surface area contributed by atoms with Crippen LogP contribution >= 0.6 is 0 Å². The number of carbonyl (C=O) groups excluding carboxylic acids is 2. The van der Waals surface area contributed by atoms with E-state index in [4.69, 9.17) is 14.2 Å². The Morgan fingerprint density at radius 1 is 0.346 bits per heavy atom. The van der Waals surface area contributed by atoms with E-state index < -0.39 is 6.10 Å². The fourth-order valence-electron chi connectivity index (χ4n) is 7.10. The molecule has 0 spiro atoms. The van der Waals surface area contributed by atoms with Gasteiger partial charge in [0, 0.05) is 19.4 Å². The first-order chi connectivity index (χ1) is 25.6. The van der Waals surface area contributed by atoms with Gasteiger partial charge in [-0.05, 0) is 19.3 Å². The van der Waals surface area contributed by atoms with Crippen molar-refractivity contribution in [2.75, 3.05) is 19.8 Å². The SMILES string of the molecule is CCCCCCCCCCCCCCCCCCCCOCC(COC(=O)CCCCCCCCCCC)OC(=O)CCCCCCCCCCC. The smallest absolute Gasteiger partial charge is 0.306 e. The van der Waals surface area contributed by atoms with Gasteiger partial charge in [-0.15, -0.1) is 0 Å². The van der Waals surface area contributed by atoms with Crippen LogP contribution in [0.3, 0.4) is 0 Å². The van der Waals surface area contributed by atoms with Crippen molar-refractivity contribution in [1.29, 1.82) is 0 Å². The van der Waals surface area contributed by atoms with Crippen LogP contribution in [0.2, 0.25) is 0 Å². The van der Waals surface area contributed by atoms with Crippen molar-refractivity contribution in [2.45, 2.75) is 271 Å². The van der Waals surface area contributed by atoms with E-state index in [0.29, 0.717) is 26.1 Å². The molecule has 0 aliphatic heterocycles. The predicted octanol–water partition coefficient (Wildman–Crippen LogP) is 15.3. The Hall–Kier alpha value is -1.10. The number of rotatable bonds is 44. The highest BCUT2D eigenvalue weighted by Crippen LogP contribution is 2.16. The summed E-state index contributed by atoms with van der Waals surface area (Å²) >= 11 is 0. The minimum atomic E-state index is -0.520. The molecule has 0 aliphatic carbocycles. The summed E-state index contributed by atoms with van der Waals surface area (Å²) in [5, 5.41) is 0. The van der Waals surface area contributed by atoms with E-state index in [9.17, 15) is 9.59 Å². The molecule has 0 saturated carbocycles. The van der Waals surface area contributed by atoms with Gasteiger partial charge in [-0.1, -0.05) is 233 Å². The van der Waals surface area contributed by atoms with Crippen LogP contribution in [0, 0.1) is 0 Å². The molecular weight excluding hydrogens is 645 g/mol. The average molecular weight is 737 g/mol. The second kappa shape index (κ2) is 44.3. The lowest BCUT2D eigenvalue weighted by atomic mass is 10.0. The molecule has 0 aromatic carbocycles. The quantitative estimate of drug-likeness (QED) is 0.0460. The van der Waals surface area contributed by atoms with Crippen molar-refractivity contribution in [3.05, 3.63) is 0 Å². The molecule has 0 heterocycles.